The lowest BCUT2D eigenvalue weighted by molar-refractivity contribution is 1.71. The molecule has 0 aliphatic rings. The van der Waals surface area contributed by atoms with Crippen LogP contribution in [0.4, 0.5) is 0 Å². The van der Waals surface area contributed by atoms with Crippen LogP contribution in [0.5, 0.6) is 0 Å². The maximum atomic E-state index is 2.33. The van der Waals surface area contributed by atoms with Gasteiger partial charge in [0.15, 0.2) is 0 Å². The second-order valence-corrected chi connectivity index (χ2v) is 11.2. The summed E-state index contributed by atoms with van der Waals surface area (Å²) in [5, 5.41) is 15.3. The van der Waals surface area contributed by atoms with Gasteiger partial charge in [0.05, 0.1) is 0 Å². The molecular weight excluding hydrogens is 504 g/mol. The summed E-state index contributed by atoms with van der Waals surface area (Å²) in [6, 6.07) is 58.1. The minimum absolute atomic E-state index is 1.27. The first-order chi connectivity index (χ1) is 20.9. The van der Waals surface area contributed by atoms with Crippen molar-refractivity contribution in [3.8, 4) is 22.3 Å². The molecule has 0 amide bonds. The van der Waals surface area contributed by atoms with Crippen LogP contribution in [0.15, 0.2) is 158 Å². The maximum Gasteiger partial charge on any atom is -0.00139 e. The van der Waals surface area contributed by atoms with Crippen LogP contribution in [0.2, 0.25) is 0 Å². The Balaban J connectivity index is 1.55. The van der Waals surface area contributed by atoms with Crippen molar-refractivity contribution in [3.05, 3.63) is 158 Å². The fraction of sp³-hybridized carbons (Fsp3) is 0. The second kappa shape index (κ2) is 9.03. The lowest BCUT2D eigenvalue weighted by Gasteiger charge is -2.22. The fourth-order valence-corrected chi connectivity index (χ4v) is 7.23. The molecule has 0 heteroatoms. The highest BCUT2D eigenvalue weighted by atomic mass is 14.2. The topological polar surface area (TPSA) is 0 Å². The quantitative estimate of drug-likeness (QED) is 0.195. The van der Waals surface area contributed by atoms with E-state index in [0.717, 1.165) is 0 Å². The molecule has 0 heterocycles. The Kier molecular flexibility index (Phi) is 5.00. The number of hydrogen-bond donors (Lipinski definition) is 0. The summed E-state index contributed by atoms with van der Waals surface area (Å²) in [7, 11) is 0. The Bertz CT molecular complexity index is 2170. The molecule has 9 rings (SSSR count). The Morgan fingerprint density at radius 3 is 0.643 bits per heavy atom. The molecule has 9 aromatic carbocycles. The molecule has 0 nitrogen and oxygen atoms in total. The van der Waals surface area contributed by atoms with Crippen LogP contribution in [0.3, 0.4) is 0 Å². The predicted octanol–water partition coefficient (Wildman–Crippen LogP) is 11.9. The largest absolute Gasteiger partial charge is 0.0616 e. The van der Waals surface area contributed by atoms with E-state index in [1.165, 1.54) is 86.9 Å². The summed E-state index contributed by atoms with van der Waals surface area (Å²) < 4.78 is 0. The highest BCUT2D eigenvalue weighted by molar-refractivity contribution is 6.30. The summed E-state index contributed by atoms with van der Waals surface area (Å²) >= 11 is 0. The first-order valence-electron chi connectivity index (χ1n) is 14.6. The molecule has 0 spiro atoms. The zero-order valence-electron chi connectivity index (χ0n) is 23.0. The van der Waals surface area contributed by atoms with Crippen LogP contribution >= 0.6 is 0 Å². The van der Waals surface area contributed by atoms with Crippen LogP contribution in [0.1, 0.15) is 0 Å². The molecule has 0 N–H and O–H groups in total. The minimum Gasteiger partial charge on any atom is -0.0616 e. The van der Waals surface area contributed by atoms with E-state index in [9.17, 15) is 0 Å². The summed E-state index contributed by atoms with van der Waals surface area (Å²) in [4.78, 5) is 0. The lowest BCUT2D eigenvalue weighted by atomic mass is 9.81. The molecule has 0 aliphatic carbocycles. The SMILES string of the molecule is c1ccc2c(-c3c4ccccc4c(-c4c5ccccc5cc5ccccc45)c4ccccc34)c3ccccc3cc2c1. The zero-order chi connectivity index (χ0) is 27.6. The van der Waals surface area contributed by atoms with E-state index < -0.39 is 0 Å². The van der Waals surface area contributed by atoms with E-state index in [1.807, 2.05) is 0 Å². The molecule has 194 valence electrons. The smallest absolute Gasteiger partial charge is 0.00139 e. The van der Waals surface area contributed by atoms with Gasteiger partial charge >= 0.3 is 0 Å². The second-order valence-electron chi connectivity index (χ2n) is 11.2. The standard InChI is InChI=1S/C42H26/c1-5-17-31-27(13-1)25-28-14-2-6-18-32(28)39(31)41-35-21-9-11-23-37(35)42(38-24-12-10-22-36(38)41)40-33-19-7-3-15-29(33)26-30-16-4-8-20-34(30)40/h1-26H. The highest BCUT2D eigenvalue weighted by Crippen LogP contribution is 2.49. The Hall–Kier alpha value is -5.46. The van der Waals surface area contributed by atoms with E-state index >= 15 is 0 Å². The Labute approximate surface area is 244 Å². The molecular formula is C42H26. The minimum atomic E-state index is 1.27. The molecule has 0 saturated carbocycles. The third-order valence-corrected chi connectivity index (χ3v) is 8.97. The molecule has 9 aromatic rings. The number of rotatable bonds is 2. The van der Waals surface area contributed by atoms with Gasteiger partial charge in [-0.05, 0) is 99.0 Å². The van der Waals surface area contributed by atoms with Crippen LogP contribution in [-0.2, 0) is 0 Å². The molecule has 0 bridgehead atoms. The lowest BCUT2D eigenvalue weighted by Crippen LogP contribution is -1.94. The third kappa shape index (κ3) is 3.30. The molecule has 0 unspecified atom stereocenters. The predicted molar refractivity (Wildman–Crippen MR) is 182 cm³/mol. The van der Waals surface area contributed by atoms with Crippen LogP contribution < -0.4 is 0 Å². The van der Waals surface area contributed by atoms with Gasteiger partial charge in [-0.15, -0.1) is 0 Å². The normalized spacial score (nSPS) is 11.8. The summed E-state index contributed by atoms with van der Waals surface area (Å²) in [6.07, 6.45) is 0. The third-order valence-electron chi connectivity index (χ3n) is 8.97. The van der Waals surface area contributed by atoms with Crippen molar-refractivity contribution in [2.24, 2.45) is 0 Å². The maximum absolute atomic E-state index is 2.33. The number of hydrogen-bond acceptors (Lipinski definition) is 0. The summed E-state index contributed by atoms with van der Waals surface area (Å²) in [6.45, 7) is 0. The Morgan fingerprint density at radius 1 is 0.190 bits per heavy atom. The van der Waals surface area contributed by atoms with Crippen LogP contribution in [0, 0.1) is 0 Å². The number of benzene rings is 9. The van der Waals surface area contributed by atoms with Crippen molar-refractivity contribution < 1.29 is 0 Å². The van der Waals surface area contributed by atoms with Crippen molar-refractivity contribution in [2.75, 3.05) is 0 Å². The van der Waals surface area contributed by atoms with Gasteiger partial charge in [0.1, 0.15) is 0 Å². The van der Waals surface area contributed by atoms with Gasteiger partial charge in [0, 0.05) is 0 Å². The van der Waals surface area contributed by atoms with E-state index in [2.05, 4.69) is 158 Å². The van der Waals surface area contributed by atoms with E-state index in [-0.39, 0.29) is 0 Å². The van der Waals surface area contributed by atoms with Gasteiger partial charge in [0.25, 0.3) is 0 Å². The molecule has 0 fully saturated rings. The molecule has 42 heavy (non-hydrogen) atoms. The number of fused-ring (bicyclic) bond motifs is 6. The van der Waals surface area contributed by atoms with Gasteiger partial charge in [-0.1, -0.05) is 146 Å². The van der Waals surface area contributed by atoms with Crippen LogP contribution in [0.25, 0.3) is 86.9 Å². The molecule has 0 radical (unpaired) electrons. The van der Waals surface area contributed by atoms with Gasteiger partial charge in [-0.2, -0.15) is 0 Å². The first-order valence-corrected chi connectivity index (χ1v) is 14.6. The first kappa shape index (κ1) is 23.3. The molecule has 0 aromatic heterocycles. The zero-order valence-corrected chi connectivity index (χ0v) is 23.0. The van der Waals surface area contributed by atoms with Crippen LogP contribution in [-0.4, -0.2) is 0 Å². The average molecular weight is 531 g/mol. The monoisotopic (exact) mass is 530 g/mol. The van der Waals surface area contributed by atoms with E-state index in [4.69, 9.17) is 0 Å². The Morgan fingerprint density at radius 2 is 0.381 bits per heavy atom. The van der Waals surface area contributed by atoms with Crippen molar-refractivity contribution in [1.82, 2.24) is 0 Å². The fourth-order valence-electron chi connectivity index (χ4n) is 7.23. The van der Waals surface area contributed by atoms with Crippen molar-refractivity contribution in [3.63, 3.8) is 0 Å². The average Bonchev–Trinajstić information content (AvgIpc) is 3.05. The van der Waals surface area contributed by atoms with E-state index in [0.29, 0.717) is 0 Å². The van der Waals surface area contributed by atoms with Gasteiger partial charge in [-0.25, -0.2) is 0 Å². The summed E-state index contributed by atoms with van der Waals surface area (Å²) in [5.74, 6) is 0. The van der Waals surface area contributed by atoms with Gasteiger partial charge in [0.2, 0.25) is 0 Å². The molecule has 0 saturated heterocycles. The van der Waals surface area contributed by atoms with Crippen molar-refractivity contribution >= 4 is 64.6 Å². The molecule has 0 aliphatic heterocycles. The summed E-state index contributed by atoms with van der Waals surface area (Å²) in [5.41, 5.74) is 5.24. The van der Waals surface area contributed by atoms with Gasteiger partial charge < -0.3 is 0 Å². The van der Waals surface area contributed by atoms with Crippen molar-refractivity contribution in [2.45, 2.75) is 0 Å². The van der Waals surface area contributed by atoms with Crippen molar-refractivity contribution in [1.29, 1.82) is 0 Å². The van der Waals surface area contributed by atoms with Gasteiger partial charge in [-0.3, -0.25) is 0 Å². The highest BCUT2D eigenvalue weighted by Gasteiger charge is 2.21. The molecule has 0 atom stereocenters. The van der Waals surface area contributed by atoms with E-state index in [1.54, 1.807) is 0 Å².